The molecule has 0 saturated carbocycles. The minimum absolute atomic E-state index is 0.00920. The van der Waals surface area contributed by atoms with Gasteiger partial charge in [-0.1, -0.05) is 18.2 Å². The first-order chi connectivity index (χ1) is 8.66. The summed E-state index contributed by atoms with van der Waals surface area (Å²) in [7, 11) is 3.76. The summed E-state index contributed by atoms with van der Waals surface area (Å²) in [6.45, 7) is 0. The predicted octanol–water partition coefficient (Wildman–Crippen LogP) is 2.33. The van der Waals surface area contributed by atoms with Crippen molar-refractivity contribution in [2.24, 2.45) is 0 Å². The molecule has 18 heavy (non-hydrogen) atoms. The molecule has 0 saturated heterocycles. The predicted molar refractivity (Wildman–Crippen MR) is 71.2 cm³/mol. The molecule has 4 heteroatoms. The van der Waals surface area contributed by atoms with E-state index in [4.69, 9.17) is 0 Å². The number of hydrogen-bond donors (Lipinski definition) is 1. The lowest BCUT2D eigenvalue weighted by atomic mass is 10.1. The van der Waals surface area contributed by atoms with E-state index in [-0.39, 0.29) is 5.78 Å². The van der Waals surface area contributed by atoms with E-state index >= 15 is 0 Å². The summed E-state index contributed by atoms with van der Waals surface area (Å²) in [5.74, 6) is -0.00920. The van der Waals surface area contributed by atoms with Gasteiger partial charge in [-0.15, -0.1) is 0 Å². The number of hydrogen-bond acceptors (Lipinski definition) is 3. The normalized spacial score (nSPS) is 10.8. The number of benzene rings is 1. The maximum absolute atomic E-state index is 11.9. The molecule has 1 aromatic carbocycles. The van der Waals surface area contributed by atoms with E-state index < -0.39 is 0 Å². The van der Waals surface area contributed by atoms with Gasteiger partial charge in [0.1, 0.15) is 0 Å². The van der Waals surface area contributed by atoms with Gasteiger partial charge in [0, 0.05) is 43.7 Å². The molecular formula is C14H15N3O. The first-order valence-corrected chi connectivity index (χ1v) is 5.65. The van der Waals surface area contributed by atoms with Gasteiger partial charge in [-0.2, -0.15) is 5.10 Å². The summed E-state index contributed by atoms with van der Waals surface area (Å²) in [4.78, 5) is 13.8. The van der Waals surface area contributed by atoms with Crippen molar-refractivity contribution < 1.29 is 4.79 Å². The van der Waals surface area contributed by atoms with Crippen molar-refractivity contribution in [3.05, 3.63) is 54.4 Å². The summed E-state index contributed by atoms with van der Waals surface area (Å²) < 4.78 is 0. The minimum atomic E-state index is -0.00920. The first-order valence-electron chi connectivity index (χ1n) is 5.65. The second-order valence-electron chi connectivity index (χ2n) is 4.19. The number of aromatic nitrogens is 2. The fourth-order valence-electron chi connectivity index (χ4n) is 1.57. The van der Waals surface area contributed by atoms with Crippen molar-refractivity contribution in [1.82, 2.24) is 15.1 Å². The van der Waals surface area contributed by atoms with Crippen LogP contribution in [0, 0.1) is 0 Å². The molecule has 1 heterocycles. The monoisotopic (exact) mass is 241 g/mol. The van der Waals surface area contributed by atoms with E-state index in [1.165, 1.54) is 0 Å². The molecule has 2 rings (SSSR count). The Labute approximate surface area is 106 Å². The third-order valence-corrected chi connectivity index (χ3v) is 2.48. The van der Waals surface area contributed by atoms with Gasteiger partial charge in [-0.3, -0.25) is 9.89 Å². The van der Waals surface area contributed by atoms with E-state index in [1.54, 1.807) is 18.5 Å². The Balaban J connectivity index is 2.25. The standard InChI is InChI=1S/C14H15N3O/c1-17(2)9-7-14(18)12-5-3-4-11(10-12)13-6-8-15-16-13/h3-10H,1-2H3,(H,15,16)/b9-7+. The number of nitrogens with one attached hydrogen (secondary N) is 1. The highest BCUT2D eigenvalue weighted by Gasteiger charge is 2.05. The van der Waals surface area contributed by atoms with Gasteiger partial charge in [0.2, 0.25) is 0 Å². The summed E-state index contributed by atoms with van der Waals surface area (Å²) >= 11 is 0. The lowest BCUT2D eigenvalue weighted by molar-refractivity contribution is 0.104. The van der Waals surface area contributed by atoms with Gasteiger partial charge in [-0.25, -0.2) is 0 Å². The Morgan fingerprint density at radius 2 is 2.17 bits per heavy atom. The lowest BCUT2D eigenvalue weighted by Gasteiger charge is -2.03. The number of ketones is 1. The highest BCUT2D eigenvalue weighted by Crippen LogP contribution is 2.17. The van der Waals surface area contributed by atoms with Gasteiger partial charge < -0.3 is 4.90 Å². The zero-order valence-electron chi connectivity index (χ0n) is 10.4. The van der Waals surface area contributed by atoms with Crippen LogP contribution in [0.1, 0.15) is 10.4 Å². The number of allylic oxidation sites excluding steroid dienone is 1. The van der Waals surface area contributed by atoms with Crippen LogP contribution in [0.15, 0.2) is 48.8 Å². The molecule has 0 fully saturated rings. The molecule has 0 amide bonds. The number of H-pyrrole nitrogens is 1. The quantitative estimate of drug-likeness (QED) is 0.660. The molecular weight excluding hydrogens is 226 g/mol. The minimum Gasteiger partial charge on any atom is -0.383 e. The summed E-state index contributed by atoms with van der Waals surface area (Å²) in [6.07, 6.45) is 4.99. The van der Waals surface area contributed by atoms with Crippen LogP contribution < -0.4 is 0 Å². The van der Waals surface area contributed by atoms with Crippen LogP contribution in [-0.4, -0.2) is 35.0 Å². The lowest BCUT2D eigenvalue weighted by Crippen LogP contribution is -2.03. The van der Waals surface area contributed by atoms with E-state index in [0.717, 1.165) is 11.3 Å². The molecule has 0 bridgehead atoms. The van der Waals surface area contributed by atoms with Crippen molar-refractivity contribution in [3.63, 3.8) is 0 Å². The zero-order valence-corrected chi connectivity index (χ0v) is 10.4. The Bertz CT molecular complexity index is 556. The summed E-state index contributed by atoms with van der Waals surface area (Å²) in [5, 5.41) is 6.78. The number of carbonyl (C=O) groups excluding carboxylic acids is 1. The molecule has 4 nitrogen and oxygen atoms in total. The molecule has 0 aliphatic heterocycles. The van der Waals surface area contributed by atoms with E-state index in [2.05, 4.69) is 10.2 Å². The molecule has 0 radical (unpaired) electrons. The third-order valence-electron chi connectivity index (χ3n) is 2.48. The fourth-order valence-corrected chi connectivity index (χ4v) is 1.57. The van der Waals surface area contributed by atoms with Gasteiger partial charge >= 0.3 is 0 Å². The third kappa shape index (κ3) is 2.85. The van der Waals surface area contributed by atoms with Crippen molar-refractivity contribution in [1.29, 1.82) is 0 Å². The van der Waals surface area contributed by atoms with Crippen molar-refractivity contribution in [2.75, 3.05) is 14.1 Å². The molecule has 0 unspecified atom stereocenters. The average molecular weight is 241 g/mol. The Hall–Kier alpha value is -2.36. The van der Waals surface area contributed by atoms with Crippen LogP contribution in [0.2, 0.25) is 0 Å². The van der Waals surface area contributed by atoms with Gasteiger partial charge in [-0.05, 0) is 12.1 Å². The molecule has 1 N–H and O–H groups in total. The highest BCUT2D eigenvalue weighted by atomic mass is 16.1. The van der Waals surface area contributed by atoms with Gasteiger partial charge in [0.15, 0.2) is 5.78 Å². The molecule has 0 spiro atoms. The van der Waals surface area contributed by atoms with Gasteiger partial charge in [0.05, 0.1) is 5.69 Å². The van der Waals surface area contributed by atoms with Crippen LogP contribution in [0.4, 0.5) is 0 Å². The number of rotatable bonds is 4. The number of nitrogens with zero attached hydrogens (tertiary/aromatic N) is 2. The molecule has 2 aromatic rings. The SMILES string of the molecule is CN(C)/C=C/C(=O)c1cccc(-c2ccn[nH]2)c1. The van der Waals surface area contributed by atoms with Crippen LogP contribution in [0.5, 0.6) is 0 Å². The Kier molecular flexibility index (Phi) is 3.57. The van der Waals surface area contributed by atoms with Crippen LogP contribution in [-0.2, 0) is 0 Å². The fraction of sp³-hybridized carbons (Fsp3) is 0.143. The average Bonchev–Trinajstić information content (AvgIpc) is 2.90. The van der Waals surface area contributed by atoms with E-state index in [9.17, 15) is 4.79 Å². The van der Waals surface area contributed by atoms with Crippen LogP contribution >= 0.6 is 0 Å². The molecule has 92 valence electrons. The zero-order chi connectivity index (χ0) is 13.0. The molecule has 0 atom stereocenters. The number of carbonyl (C=O) groups is 1. The second-order valence-corrected chi connectivity index (χ2v) is 4.19. The summed E-state index contributed by atoms with van der Waals surface area (Å²) in [5.41, 5.74) is 2.53. The van der Waals surface area contributed by atoms with Crippen molar-refractivity contribution in [2.45, 2.75) is 0 Å². The topological polar surface area (TPSA) is 49.0 Å². The molecule has 0 aliphatic carbocycles. The van der Waals surface area contributed by atoms with Crippen LogP contribution in [0.3, 0.4) is 0 Å². The van der Waals surface area contributed by atoms with Crippen molar-refractivity contribution >= 4 is 5.78 Å². The van der Waals surface area contributed by atoms with E-state index in [1.807, 2.05) is 49.3 Å². The largest absolute Gasteiger partial charge is 0.383 e. The second kappa shape index (κ2) is 5.31. The van der Waals surface area contributed by atoms with Crippen LogP contribution in [0.25, 0.3) is 11.3 Å². The number of aromatic amines is 1. The maximum atomic E-state index is 11.9. The molecule has 0 aliphatic rings. The smallest absolute Gasteiger partial charge is 0.187 e. The maximum Gasteiger partial charge on any atom is 0.187 e. The van der Waals surface area contributed by atoms with E-state index in [0.29, 0.717) is 5.56 Å². The summed E-state index contributed by atoms with van der Waals surface area (Å²) in [6, 6.07) is 9.35. The van der Waals surface area contributed by atoms with Crippen molar-refractivity contribution in [3.8, 4) is 11.3 Å². The molecule has 1 aromatic heterocycles. The Morgan fingerprint density at radius 1 is 1.33 bits per heavy atom. The highest BCUT2D eigenvalue weighted by molar-refractivity contribution is 6.05. The van der Waals surface area contributed by atoms with Gasteiger partial charge in [0.25, 0.3) is 0 Å². The Morgan fingerprint density at radius 3 is 2.83 bits per heavy atom. The first kappa shape index (κ1) is 12.1.